The molecule has 0 aromatic heterocycles. The topological polar surface area (TPSA) is 89.7 Å². The number of benzene rings is 3. The molecule has 0 spiro atoms. The number of nitrogens with zero attached hydrogens (tertiary/aromatic N) is 2. The highest BCUT2D eigenvalue weighted by Gasteiger charge is 2.35. The highest BCUT2D eigenvalue weighted by atomic mass is 79.9. The number of nitro benzene ring substituents is 1. The normalized spacial score (nSPS) is 14.6. The van der Waals surface area contributed by atoms with Crippen LogP contribution in [0.1, 0.15) is 16.7 Å². The van der Waals surface area contributed by atoms with E-state index < -0.39 is 10.8 Å². The summed E-state index contributed by atoms with van der Waals surface area (Å²) >= 11 is 10.3. The Morgan fingerprint density at radius 1 is 1.09 bits per heavy atom. The Balaban J connectivity index is 1.57. The van der Waals surface area contributed by atoms with Crippen LogP contribution in [0.2, 0.25) is 5.02 Å². The number of amides is 2. The van der Waals surface area contributed by atoms with Gasteiger partial charge in [-0.3, -0.25) is 24.6 Å². The number of nitro groups is 1. The standard InChI is InChI=1S/C24H16BrClN2O5S/c25-18-8-9-21(33-14-16-5-1-2-7-20(16)28(31)32)17(11-18)12-22-23(29)27(24(30)34-22)13-15-4-3-6-19(26)10-15/h1-12H,13-14H2/b22-12-. The highest BCUT2D eigenvalue weighted by molar-refractivity contribution is 9.10. The van der Waals surface area contributed by atoms with Crippen LogP contribution in [0.5, 0.6) is 5.75 Å². The van der Waals surface area contributed by atoms with E-state index in [1.54, 1.807) is 66.7 Å². The predicted octanol–water partition coefficient (Wildman–Crippen LogP) is 6.83. The van der Waals surface area contributed by atoms with Gasteiger partial charge in [0.05, 0.1) is 21.9 Å². The third-order valence-corrected chi connectivity index (χ3v) is 6.57. The van der Waals surface area contributed by atoms with E-state index in [-0.39, 0.29) is 29.0 Å². The SMILES string of the molecule is O=C1S/C(=C\c2cc(Br)ccc2OCc2ccccc2[N+](=O)[O-])C(=O)N1Cc1cccc(Cl)c1. The van der Waals surface area contributed by atoms with Gasteiger partial charge >= 0.3 is 0 Å². The van der Waals surface area contributed by atoms with Gasteiger partial charge in [-0.15, -0.1) is 0 Å². The summed E-state index contributed by atoms with van der Waals surface area (Å²) in [6.07, 6.45) is 1.59. The number of para-hydroxylation sites is 1. The molecule has 1 fully saturated rings. The van der Waals surface area contributed by atoms with E-state index in [2.05, 4.69) is 15.9 Å². The Labute approximate surface area is 212 Å². The average Bonchev–Trinajstić information content (AvgIpc) is 3.06. The van der Waals surface area contributed by atoms with Crippen LogP contribution in [-0.4, -0.2) is 21.0 Å². The monoisotopic (exact) mass is 558 g/mol. The first-order valence-electron chi connectivity index (χ1n) is 9.96. The number of ether oxygens (including phenoxy) is 1. The Hall–Kier alpha value is -3.14. The minimum atomic E-state index is -0.461. The summed E-state index contributed by atoms with van der Waals surface area (Å²) in [5.41, 5.74) is 1.68. The van der Waals surface area contributed by atoms with E-state index >= 15 is 0 Å². The van der Waals surface area contributed by atoms with E-state index in [4.69, 9.17) is 16.3 Å². The summed E-state index contributed by atoms with van der Waals surface area (Å²) in [5, 5.41) is 11.4. The van der Waals surface area contributed by atoms with Gasteiger partial charge in [-0.2, -0.15) is 0 Å². The van der Waals surface area contributed by atoms with E-state index in [0.29, 0.717) is 21.9 Å². The van der Waals surface area contributed by atoms with Gasteiger partial charge in [-0.1, -0.05) is 51.8 Å². The maximum atomic E-state index is 13.0. The Morgan fingerprint density at radius 3 is 2.65 bits per heavy atom. The minimum absolute atomic E-state index is 0.0319. The molecule has 0 saturated carbocycles. The minimum Gasteiger partial charge on any atom is -0.488 e. The maximum Gasteiger partial charge on any atom is 0.293 e. The molecular formula is C24H16BrClN2O5S. The highest BCUT2D eigenvalue weighted by Crippen LogP contribution is 2.36. The van der Waals surface area contributed by atoms with Gasteiger partial charge in [0, 0.05) is 21.1 Å². The molecule has 1 saturated heterocycles. The number of imide groups is 1. The molecule has 4 rings (SSSR count). The molecule has 7 nitrogen and oxygen atoms in total. The Bertz CT molecular complexity index is 1330. The van der Waals surface area contributed by atoms with Crippen molar-refractivity contribution in [3.63, 3.8) is 0 Å². The van der Waals surface area contributed by atoms with Crippen molar-refractivity contribution >= 4 is 62.2 Å². The molecule has 2 amide bonds. The van der Waals surface area contributed by atoms with Crippen LogP contribution in [0.25, 0.3) is 6.08 Å². The third kappa shape index (κ3) is 5.49. The van der Waals surface area contributed by atoms with E-state index in [0.717, 1.165) is 26.7 Å². The van der Waals surface area contributed by atoms with Crippen LogP contribution < -0.4 is 4.74 Å². The van der Waals surface area contributed by atoms with Crippen molar-refractivity contribution in [2.24, 2.45) is 0 Å². The van der Waals surface area contributed by atoms with Crippen LogP contribution in [0, 0.1) is 10.1 Å². The smallest absolute Gasteiger partial charge is 0.293 e. The fourth-order valence-corrected chi connectivity index (χ4v) is 4.75. The molecule has 0 N–H and O–H groups in total. The number of halogens is 2. The summed E-state index contributed by atoms with van der Waals surface area (Å²) in [5.74, 6) is 0.00240. The summed E-state index contributed by atoms with van der Waals surface area (Å²) in [6, 6.07) is 18.5. The first-order chi connectivity index (χ1) is 16.3. The molecule has 3 aromatic carbocycles. The lowest BCUT2D eigenvalue weighted by Gasteiger charge is -2.13. The number of carbonyl (C=O) groups is 2. The van der Waals surface area contributed by atoms with Crippen LogP contribution >= 0.6 is 39.3 Å². The van der Waals surface area contributed by atoms with E-state index in [1.165, 1.54) is 6.07 Å². The van der Waals surface area contributed by atoms with Gasteiger partial charge in [0.25, 0.3) is 16.8 Å². The van der Waals surface area contributed by atoms with Crippen molar-refractivity contribution < 1.29 is 19.2 Å². The molecular weight excluding hydrogens is 544 g/mol. The lowest BCUT2D eigenvalue weighted by Crippen LogP contribution is -2.27. The number of hydrogen-bond donors (Lipinski definition) is 0. The summed E-state index contributed by atoms with van der Waals surface area (Å²) in [6.45, 7) is 0.0813. The van der Waals surface area contributed by atoms with Gasteiger partial charge in [0.2, 0.25) is 0 Å². The predicted molar refractivity (Wildman–Crippen MR) is 135 cm³/mol. The number of hydrogen-bond acceptors (Lipinski definition) is 6. The van der Waals surface area contributed by atoms with Crippen LogP contribution in [0.15, 0.2) is 76.1 Å². The number of rotatable bonds is 7. The molecule has 10 heteroatoms. The molecule has 34 heavy (non-hydrogen) atoms. The fourth-order valence-electron chi connectivity index (χ4n) is 3.33. The zero-order valence-corrected chi connectivity index (χ0v) is 20.6. The molecule has 3 aromatic rings. The van der Waals surface area contributed by atoms with Crippen LogP contribution in [-0.2, 0) is 17.9 Å². The van der Waals surface area contributed by atoms with Crippen LogP contribution in [0.3, 0.4) is 0 Å². The van der Waals surface area contributed by atoms with Crippen molar-refractivity contribution in [2.45, 2.75) is 13.2 Å². The second-order valence-corrected chi connectivity index (χ2v) is 9.60. The number of carbonyl (C=O) groups excluding carboxylic acids is 2. The lowest BCUT2D eigenvalue weighted by atomic mass is 10.1. The van der Waals surface area contributed by atoms with Gasteiger partial charge < -0.3 is 4.74 Å². The largest absolute Gasteiger partial charge is 0.488 e. The molecule has 1 heterocycles. The second-order valence-electron chi connectivity index (χ2n) is 7.25. The fraction of sp³-hybridized carbons (Fsp3) is 0.0833. The Kier molecular flexibility index (Phi) is 7.35. The molecule has 0 bridgehead atoms. The second kappa shape index (κ2) is 10.4. The van der Waals surface area contributed by atoms with Gasteiger partial charge in [-0.25, -0.2) is 0 Å². The molecule has 0 unspecified atom stereocenters. The van der Waals surface area contributed by atoms with Crippen LogP contribution in [0.4, 0.5) is 10.5 Å². The summed E-state index contributed by atoms with van der Waals surface area (Å²) in [4.78, 5) is 37.7. The van der Waals surface area contributed by atoms with E-state index in [1.807, 2.05) is 0 Å². The van der Waals surface area contributed by atoms with E-state index in [9.17, 15) is 19.7 Å². The molecule has 172 valence electrons. The zero-order valence-electron chi connectivity index (χ0n) is 17.4. The van der Waals surface area contributed by atoms with Crippen molar-refractivity contribution in [3.8, 4) is 5.75 Å². The third-order valence-electron chi connectivity index (χ3n) is 4.93. The van der Waals surface area contributed by atoms with Crippen molar-refractivity contribution in [1.29, 1.82) is 0 Å². The Morgan fingerprint density at radius 2 is 1.88 bits per heavy atom. The van der Waals surface area contributed by atoms with Gasteiger partial charge in [0.15, 0.2) is 0 Å². The lowest BCUT2D eigenvalue weighted by molar-refractivity contribution is -0.385. The van der Waals surface area contributed by atoms with Gasteiger partial charge in [0.1, 0.15) is 12.4 Å². The molecule has 0 atom stereocenters. The first kappa shape index (κ1) is 24.0. The molecule has 1 aliphatic heterocycles. The van der Waals surface area contributed by atoms with Crippen molar-refractivity contribution in [3.05, 3.63) is 108 Å². The quantitative estimate of drug-likeness (QED) is 0.179. The van der Waals surface area contributed by atoms with Gasteiger partial charge in [-0.05, 0) is 59.8 Å². The number of thioether (sulfide) groups is 1. The molecule has 1 aliphatic rings. The maximum absolute atomic E-state index is 13.0. The molecule has 0 aliphatic carbocycles. The van der Waals surface area contributed by atoms with Crippen molar-refractivity contribution in [1.82, 2.24) is 4.90 Å². The summed E-state index contributed by atoms with van der Waals surface area (Å²) < 4.78 is 6.62. The molecule has 0 radical (unpaired) electrons. The summed E-state index contributed by atoms with van der Waals surface area (Å²) in [7, 11) is 0. The first-order valence-corrected chi connectivity index (χ1v) is 11.9. The zero-order chi connectivity index (χ0) is 24.2. The average molecular weight is 560 g/mol. The van der Waals surface area contributed by atoms with Crippen molar-refractivity contribution in [2.75, 3.05) is 0 Å².